The molecule has 0 radical (unpaired) electrons. The number of carbonyl (C=O) groups excluding carboxylic acids is 3. The van der Waals surface area contributed by atoms with Gasteiger partial charge < -0.3 is 16.4 Å². The minimum atomic E-state index is -1.15. The average molecular weight is 415 g/mol. The number of aromatic nitrogens is 1. The number of nitro groups is 1. The molecule has 2 aromatic rings. The number of hydrogen-bond acceptors (Lipinski definition) is 6. The molecule has 0 spiro atoms. The molecule has 0 aliphatic heterocycles. The second kappa shape index (κ2) is 8.99. The maximum atomic E-state index is 12.2. The van der Waals surface area contributed by atoms with Gasteiger partial charge in [0.1, 0.15) is 12.1 Å². The number of nitrogens with one attached hydrogen (secondary N) is 2. The van der Waals surface area contributed by atoms with Gasteiger partial charge in [-0.15, -0.1) is 0 Å². The van der Waals surface area contributed by atoms with Crippen LogP contribution in [0.2, 0.25) is 0 Å². The summed E-state index contributed by atoms with van der Waals surface area (Å²) in [7, 11) is 0. The maximum Gasteiger partial charge on any atom is 0.286 e. The molecule has 0 unspecified atom stereocenters. The Labute approximate surface area is 171 Å². The first-order valence-electron chi connectivity index (χ1n) is 8.82. The lowest BCUT2D eigenvalue weighted by molar-refractivity contribution is -0.385. The van der Waals surface area contributed by atoms with Crippen molar-refractivity contribution >= 4 is 29.1 Å². The van der Waals surface area contributed by atoms with E-state index < -0.39 is 46.0 Å². The third-order valence-corrected chi connectivity index (χ3v) is 4.25. The first kappa shape index (κ1) is 22.3. The molecule has 2 rings (SSSR count). The van der Waals surface area contributed by atoms with Gasteiger partial charge in [0.2, 0.25) is 11.8 Å². The van der Waals surface area contributed by atoms with E-state index in [1.807, 2.05) is 32.9 Å². The standard InChI is InChI=1S/C19H21N5O6/c1-10-4-11(2)17(12(3)5-10)22-15(25)7-21-16(26)9-23-8-13(24(29)30)6-14(18(20)27)19(23)28/h4-6,8H,7,9H2,1-3H3,(H2,20,27)(H,21,26)(H,22,25). The molecule has 0 saturated carbocycles. The van der Waals surface area contributed by atoms with Gasteiger partial charge in [-0.3, -0.25) is 33.9 Å². The van der Waals surface area contributed by atoms with Gasteiger partial charge in [-0.05, 0) is 31.9 Å². The van der Waals surface area contributed by atoms with E-state index in [9.17, 15) is 29.3 Å². The summed E-state index contributed by atoms with van der Waals surface area (Å²) in [6, 6.07) is 4.57. The number of primary amides is 1. The molecular weight excluding hydrogens is 394 g/mol. The van der Waals surface area contributed by atoms with Gasteiger partial charge in [-0.2, -0.15) is 0 Å². The van der Waals surface area contributed by atoms with Crippen molar-refractivity contribution < 1.29 is 19.3 Å². The van der Waals surface area contributed by atoms with E-state index in [0.717, 1.165) is 29.0 Å². The molecule has 0 atom stereocenters. The summed E-state index contributed by atoms with van der Waals surface area (Å²) >= 11 is 0. The Morgan fingerprint density at radius 2 is 1.70 bits per heavy atom. The summed E-state index contributed by atoms with van der Waals surface area (Å²) in [6.45, 7) is 4.62. The van der Waals surface area contributed by atoms with Crippen LogP contribution >= 0.6 is 0 Å². The summed E-state index contributed by atoms with van der Waals surface area (Å²) in [4.78, 5) is 58.0. The minimum Gasteiger partial charge on any atom is -0.365 e. The van der Waals surface area contributed by atoms with E-state index >= 15 is 0 Å². The number of nitrogens with zero attached hydrogens (tertiary/aromatic N) is 2. The Bertz CT molecular complexity index is 1080. The molecule has 158 valence electrons. The number of carbonyl (C=O) groups is 3. The fourth-order valence-electron chi connectivity index (χ4n) is 2.96. The first-order chi connectivity index (χ1) is 14.0. The fraction of sp³-hybridized carbons (Fsp3) is 0.263. The van der Waals surface area contributed by atoms with Crippen molar-refractivity contribution in [2.45, 2.75) is 27.3 Å². The predicted molar refractivity (Wildman–Crippen MR) is 108 cm³/mol. The Hall–Kier alpha value is -4.02. The number of pyridine rings is 1. The van der Waals surface area contributed by atoms with Gasteiger partial charge in [-0.25, -0.2) is 0 Å². The highest BCUT2D eigenvalue weighted by Gasteiger charge is 2.19. The van der Waals surface area contributed by atoms with Crippen molar-refractivity contribution in [3.8, 4) is 0 Å². The van der Waals surface area contributed by atoms with E-state index in [0.29, 0.717) is 10.3 Å². The Kier molecular flexibility index (Phi) is 6.67. The van der Waals surface area contributed by atoms with Crippen LogP contribution in [0.15, 0.2) is 29.2 Å². The summed E-state index contributed by atoms with van der Waals surface area (Å²) in [5.74, 6) is -2.38. The summed E-state index contributed by atoms with van der Waals surface area (Å²) < 4.78 is 0.694. The normalized spacial score (nSPS) is 10.4. The van der Waals surface area contributed by atoms with Crippen molar-refractivity contribution in [1.29, 1.82) is 0 Å². The molecule has 1 aromatic heterocycles. The maximum absolute atomic E-state index is 12.2. The molecule has 0 saturated heterocycles. The van der Waals surface area contributed by atoms with E-state index in [4.69, 9.17) is 5.73 Å². The van der Waals surface area contributed by atoms with Crippen molar-refractivity contribution in [2.75, 3.05) is 11.9 Å². The third kappa shape index (κ3) is 5.28. The molecule has 11 nitrogen and oxygen atoms in total. The zero-order valence-electron chi connectivity index (χ0n) is 16.6. The molecule has 0 fully saturated rings. The second-order valence-electron chi connectivity index (χ2n) is 6.77. The predicted octanol–water partition coefficient (Wildman–Crippen LogP) is 0.536. The van der Waals surface area contributed by atoms with Crippen molar-refractivity contribution in [1.82, 2.24) is 9.88 Å². The highest BCUT2D eigenvalue weighted by atomic mass is 16.6. The van der Waals surface area contributed by atoms with E-state index in [1.165, 1.54) is 0 Å². The lowest BCUT2D eigenvalue weighted by Gasteiger charge is -2.13. The number of amides is 3. The monoisotopic (exact) mass is 415 g/mol. The molecule has 30 heavy (non-hydrogen) atoms. The van der Waals surface area contributed by atoms with Crippen LogP contribution < -0.4 is 21.9 Å². The van der Waals surface area contributed by atoms with Crippen LogP contribution in [0.25, 0.3) is 0 Å². The highest BCUT2D eigenvalue weighted by Crippen LogP contribution is 2.21. The van der Waals surface area contributed by atoms with E-state index in [-0.39, 0.29) is 6.54 Å². The number of aryl methyl sites for hydroxylation is 3. The second-order valence-corrected chi connectivity index (χ2v) is 6.77. The molecule has 3 amide bonds. The quantitative estimate of drug-likeness (QED) is 0.441. The van der Waals surface area contributed by atoms with Crippen LogP contribution in [-0.4, -0.2) is 33.8 Å². The number of benzene rings is 1. The topological polar surface area (TPSA) is 166 Å². The van der Waals surface area contributed by atoms with E-state index in [2.05, 4.69) is 10.6 Å². The Balaban J connectivity index is 2.08. The summed E-state index contributed by atoms with van der Waals surface area (Å²) in [5, 5.41) is 16.0. The summed E-state index contributed by atoms with van der Waals surface area (Å²) in [5.41, 5.74) is 6.36. The van der Waals surface area contributed by atoms with Gasteiger partial charge in [0, 0.05) is 11.8 Å². The smallest absolute Gasteiger partial charge is 0.286 e. The lowest BCUT2D eigenvalue weighted by atomic mass is 10.1. The molecule has 0 bridgehead atoms. The molecule has 0 aliphatic rings. The number of hydrogen-bond donors (Lipinski definition) is 3. The van der Waals surface area contributed by atoms with Gasteiger partial charge in [0.15, 0.2) is 0 Å². The Morgan fingerprint density at radius 1 is 1.10 bits per heavy atom. The Morgan fingerprint density at radius 3 is 2.23 bits per heavy atom. The van der Waals surface area contributed by atoms with Gasteiger partial charge in [0.25, 0.3) is 17.2 Å². The van der Waals surface area contributed by atoms with Crippen LogP contribution in [0.1, 0.15) is 27.0 Å². The summed E-state index contributed by atoms with van der Waals surface area (Å²) in [6.07, 6.45) is 0.827. The SMILES string of the molecule is Cc1cc(C)c(NC(=O)CNC(=O)Cn2cc([N+](=O)[O-])cc(C(N)=O)c2=O)c(C)c1. The largest absolute Gasteiger partial charge is 0.365 e. The molecule has 4 N–H and O–H groups in total. The van der Waals surface area contributed by atoms with Crippen molar-refractivity contribution in [3.05, 3.63) is 67.1 Å². The molecule has 1 heterocycles. The van der Waals surface area contributed by atoms with Crippen LogP contribution in [-0.2, 0) is 16.1 Å². The highest BCUT2D eigenvalue weighted by molar-refractivity contribution is 5.96. The molecular formula is C19H21N5O6. The van der Waals surface area contributed by atoms with Gasteiger partial charge in [0.05, 0.1) is 17.7 Å². The molecule has 0 aliphatic carbocycles. The van der Waals surface area contributed by atoms with Crippen LogP contribution in [0.4, 0.5) is 11.4 Å². The molecule has 11 heteroatoms. The van der Waals surface area contributed by atoms with Crippen molar-refractivity contribution in [3.63, 3.8) is 0 Å². The fourth-order valence-corrected chi connectivity index (χ4v) is 2.96. The zero-order chi connectivity index (χ0) is 22.6. The van der Waals surface area contributed by atoms with Gasteiger partial charge >= 0.3 is 0 Å². The van der Waals surface area contributed by atoms with Crippen molar-refractivity contribution in [2.24, 2.45) is 5.73 Å². The number of rotatable bonds is 7. The molecule has 1 aromatic carbocycles. The minimum absolute atomic E-state index is 0.377. The first-order valence-corrected chi connectivity index (χ1v) is 8.82. The average Bonchev–Trinajstić information content (AvgIpc) is 2.64. The lowest BCUT2D eigenvalue weighted by Crippen LogP contribution is -2.38. The van der Waals surface area contributed by atoms with Gasteiger partial charge in [-0.1, -0.05) is 17.7 Å². The zero-order valence-corrected chi connectivity index (χ0v) is 16.6. The van der Waals surface area contributed by atoms with Crippen LogP contribution in [0.3, 0.4) is 0 Å². The number of anilines is 1. The number of nitrogens with two attached hydrogens (primary N) is 1. The third-order valence-electron chi connectivity index (χ3n) is 4.25. The van der Waals surface area contributed by atoms with E-state index in [1.54, 1.807) is 0 Å². The van der Waals surface area contributed by atoms with Crippen LogP contribution in [0, 0.1) is 30.9 Å². The van der Waals surface area contributed by atoms with Crippen LogP contribution in [0.5, 0.6) is 0 Å².